The van der Waals surface area contributed by atoms with Crippen molar-refractivity contribution in [1.82, 2.24) is 5.32 Å². The molecule has 1 N–H and O–H groups in total. The number of esters is 1. The monoisotopic (exact) mass is 239 g/mol. The van der Waals surface area contributed by atoms with Gasteiger partial charge in [-0.1, -0.05) is 13.3 Å². The number of carbonyl (C=O) groups excluding carboxylic acids is 2. The third-order valence-electron chi connectivity index (χ3n) is 1.53. The molecule has 0 aliphatic heterocycles. The van der Waals surface area contributed by atoms with Crippen molar-refractivity contribution in [2.75, 3.05) is 13.7 Å². The number of carbonyl (C=O) groups is 2. The Labute approximate surface area is 132 Å². The molecule has 0 atom stereocenters. The second-order valence-electron chi connectivity index (χ2n) is 2.65. The smallest absolute Gasteiger partial charge is 0.543 e. The Bertz CT molecular complexity index is 240. The fourth-order valence-corrected chi connectivity index (χ4v) is 0.759. The Morgan fingerprint density at radius 2 is 2.07 bits per heavy atom. The molecule has 0 spiro atoms. The van der Waals surface area contributed by atoms with Crippen LogP contribution in [0.5, 0.6) is 0 Å². The summed E-state index contributed by atoms with van der Waals surface area (Å²) in [6.07, 6.45) is 2.63. The number of nitrogens with one attached hydrogen (secondary N) is 1. The van der Waals surface area contributed by atoms with Crippen LogP contribution in [-0.2, 0) is 14.3 Å². The maximum Gasteiger partial charge on any atom is 1.00 e. The topological polar surface area (TPSA) is 78.5 Å². The molecule has 0 aliphatic rings. The second kappa shape index (κ2) is 10.6. The summed E-state index contributed by atoms with van der Waals surface area (Å²) in [6.45, 7) is 2.47. The Kier molecular flexibility index (Phi) is 12.4. The first kappa shape index (κ1) is 17.5. The van der Waals surface area contributed by atoms with Crippen molar-refractivity contribution < 1.29 is 70.8 Å². The molecule has 5 nitrogen and oxygen atoms in total. The second-order valence-corrected chi connectivity index (χ2v) is 2.65. The zero-order valence-electron chi connectivity index (χ0n) is 9.33. The predicted octanol–water partition coefficient (Wildman–Crippen LogP) is -3.81. The number of aliphatic carboxylic acids is 1. The van der Waals surface area contributed by atoms with Gasteiger partial charge in [0.2, 0.25) is 0 Å². The summed E-state index contributed by atoms with van der Waals surface area (Å²) in [7, 11) is 1.18. The zero-order chi connectivity index (χ0) is 11.0. The van der Waals surface area contributed by atoms with E-state index < -0.39 is 11.9 Å². The van der Waals surface area contributed by atoms with Crippen molar-refractivity contribution in [3.63, 3.8) is 0 Å². The van der Waals surface area contributed by atoms with Crippen LogP contribution >= 0.6 is 0 Å². The minimum atomic E-state index is -1.41. The van der Waals surface area contributed by atoms with Crippen molar-refractivity contribution in [2.24, 2.45) is 0 Å². The zero-order valence-corrected chi connectivity index (χ0v) is 12.5. The summed E-state index contributed by atoms with van der Waals surface area (Å²) >= 11 is 0. The van der Waals surface area contributed by atoms with E-state index in [1.165, 1.54) is 7.11 Å². The molecule has 0 amide bonds. The van der Waals surface area contributed by atoms with Gasteiger partial charge in [-0.2, -0.15) is 0 Å². The molecule has 0 aliphatic carbocycles. The van der Waals surface area contributed by atoms with Gasteiger partial charge in [-0.3, -0.25) is 0 Å². The van der Waals surface area contributed by atoms with Crippen LogP contribution in [0.3, 0.4) is 0 Å². The molecule has 0 saturated heterocycles. The summed E-state index contributed by atoms with van der Waals surface area (Å²) in [5.74, 6) is -2.13. The third kappa shape index (κ3) is 9.07. The Balaban J connectivity index is 0. The van der Waals surface area contributed by atoms with E-state index in [0.717, 1.165) is 18.9 Å². The first-order chi connectivity index (χ1) is 6.61. The van der Waals surface area contributed by atoms with Gasteiger partial charge in [0.1, 0.15) is 0 Å². The SMILES string of the molecule is CCCCN/C(=C\C(=O)OC)C(=O)[O-].[K+]. The van der Waals surface area contributed by atoms with E-state index in [9.17, 15) is 14.7 Å². The van der Waals surface area contributed by atoms with Gasteiger partial charge in [0.25, 0.3) is 0 Å². The Hall–Kier alpha value is 0.116. The predicted molar refractivity (Wildman–Crippen MR) is 48.0 cm³/mol. The fraction of sp³-hybridized carbons (Fsp3) is 0.556. The number of rotatable bonds is 6. The number of methoxy groups -OCH3 is 1. The summed E-state index contributed by atoms with van der Waals surface area (Å²) < 4.78 is 4.29. The summed E-state index contributed by atoms with van der Waals surface area (Å²) in [5.41, 5.74) is -0.245. The minimum absolute atomic E-state index is 0. The van der Waals surface area contributed by atoms with Gasteiger partial charge in [0, 0.05) is 12.6 Å². The largest absolute Gasteiger partial charge is 1.00 e. The molecule has 0 radical (unpaired) electrons. The first-order valence-corrected chi connectivity index (χ1v) is 4.36. The maximum absolute atomic E-state index is 10.7. The van der Waals surface area contributed by atoms with Crippen molar-refractivity contribution in [2.45, 2.75) is 19.8 Å². The van der Waals surface area contributed by atoms with Crippen molar-refractivity contribution >= 4 is 11.9 Å². The van der Waals surface area contributed by atoms with Crippen LogP contribution in [0.4, 0.5) is 0 Å². The van der Waals surface area contributed by atoms with Crippen LogP contribution in [-0.4, -0.2) is 25.6 Å². The Morgan fingerprint density at radius 3 is 2.47 bits per heavy atom. The molecular weight excluding hydrogens is 225 g/mol. The van der Waals surface area contributed by atoms with Crippen molar-refractivity contribution in [3.8, 4) is 0 Å². The summed E-state index contributed by atoms with van der Waals surface area (Å²) in [6, 6.07) is 0. The molecule has 0 aromatic carbocycles. The molecule has 80 valence electrons. The van der Waals surface area contributed by atoms with Crippen LogP contribution in [0.2, 0.25) is 0 Å². The van der Waals surface area contributed by atoms with Gasteiger partial charge in [-0.15, -0.1) is 0 Å². The van der Waals surface area contributed by atoms with E-state index in [-0.39, 0.29) is 57.1 Å². The number of carboxylic acids is 1. The van der Waals surface area contributed by atoms with Gasteiger partial charge < -0.3 is 20.0 Å². The number of carboxylic acid groups (broad SMARTS) is 1. The summed E-state index contributed by atoms with van der Waals surface area (Å²) in [4.78, 5) is 21.2. The van der Waals surface area contributed by atoms with E-state index in [4.69, 9.17) is 0 Å². The number of hydrogen-bond acceptors (Lipinski definition) is 5. The average Bonchev–Trinajstić information content (AvgIpc) is 2.16. The molecule has 15 heavy (non-hydrogen) atoms. The van der Waals surface area contributed by atoms with E-state index in [2.05, 4.69) is 10.1 Å². The standard InChI is InChI=1S/C9H15NO4.K/c1-3-4-5-10-7(9(12)13)6-8(11)14-2;/h6,10H,3-5H2,1-2H3,(H,12,13);/q;+1/p-1/b7-6-;. The number of ether oxygens (including phenoxy) is 1. The van der Waals surface area contributed by atoms with Gasteiger partial charge in [-0.25, -0.2) is 4.79 Å². The average molecular weight is 239 g/mol. The maximum atomic E-state index is 10.7. The Morgan fingerprint density at radius 1 is 1.47 bits per heavy atom. The normalized spacial score (nSPS) is 10.1. The fourth-order valence-electron chi connectivity index (χ4n) is 0.759. The van der Waals surface area contributed by atoms with Gasteiger partial charge in [0.15, 0.2) is 0 Å². The number of hydrogen-bond donors (Lipinski definition) is 1. The molecule has 0 bridgehead atoms. The molecule has 0 unspecified atom stereocenters. The van der Waals surface area contributed by atoms with Crippen LogP contribution < -0.4 is 61.8 Å². The van der Waals surface area contributed by atoms with Gasteiger partial charge >= 0.3 is 57.4 Å². The van der Waals surface area contributed by atoms with Crippen LogP contribution in [0, 0.1) is 0 Å². The molecule has 0 fully saturated rings. The molecule has 0 aromatic heterocycles. The van der Waals surface area contributed by atoms with E-state index in [0.29, 0.717) is 6.54 Å². The molecule has 0 saturated carbocycles. The third-order valence-corrected chi connectivity index (χ3v) is 1.53. The first-order valence-electron chi connectivity index (χ1n) is 4.36. The minimum Gasteiger partial charge on any atom is -0.543 e. The van der Waals surface area contributed by atoms with Crippen molar-refractivity contribution in [1.29, 1.82) is 0 Å². The quantitative estimate of drug-likeness (QED) is 0.222. The van der Waals surface area contributed by atoms with E-state index >= 15 is 0 Å². The van der Waals surface area contributed by atoms with Gasteiger partial charge in [-0.05, 0) is 6.42 Å². The molecule has 0 aromatic rings. The number of unbranched alkanes of at least 4 members (excludes halogenated alkanes) is 1. The van der Waals surface area contributed by atoms with Gasteiger partial charge in [0.05, 0.1) is 18.8 Å². The molecule has 0 rings (SSSR count). The molecular formula is C9H14KNO4. The molecule has 6 heteroatoms. The van der Waals surface area contributed by atoms with Crippen LogP contribution in [0.15, 0.2) is 11.8 Å². The molecule has 0 heterocycles. The van der Waals surface area contributed by atoms with E-state index in [1.807, 2.05) is 6.92 Å². The summed E-state index contributed by atoms with van der Waals surface area (Å²) in [5, 5.41) is 13.1. The van der Waals surface area contributed by atoms with Crippen LogP contribution in [0.1, 0.15) is 19.8 Å². The van der Waals surface area contributed by atoms with Crippen LogP contribution in [0.25, 0.3) is 0 Å². The van der Waals surface area contributed by atoms with E-state index in [1.54, 1.807) is 0 Å². The van der Waals surface area contributed by atoms with Crippen molar-refractivity contribution in [3.05, 3.63) is 11.8 Å².